The van der Waals surface area contributed by atoms with Gasteiger partial charge in [0.05, 0.1) is 26.4 Å². The van der Waals surface area contributed by atoms with Crippen molar-refractivity contribution >= 4 is 33.2 Å². The van der Waals surface area contributed by atoms with Gasteiger partial charge in [-0.1, -0.05) is 38.2 Å². The van der Waals surface area contributed by atoms with E-state index in [1.165, 1.54) is 6.07 Å². The minimum atomic E-state index is -4.95. The van der Waals surface area contributed by atoms with Gasteiger partial charge in [-0.05, 0) is 70.6 Å². The van der Waals surface area contributed by atoms with Crippen LogP contribution in [-0.2, 0) is 27.4 Å². The highest BCUT2D eigenvalue weighted by atomic mass is 32.2. The van der Waals surface area contributed by atoms with Gasteiger partial charge in [0.25, 0.3) is 5.91 Å². The molecule has 0 unspecified atom stereocenters. The number of piperidine rings is 1. The predicted octanol–water partition coefficient (Wildman–Crippen LogP) is 6.36. The molecule has 1 saturated heterocycles. The number of nitrogens with zero attached hydrogens (tertiary/aromatic N) is 2. The van der Waals surface area contributed by atoms with E-state index in [1.807, 2.05) is 0 Å². The van der Waals surface area contributed by atoms with E-state index in [1.54, 1.807) is 32.6 Å². The van der Waals surface area contributed by atoms with E-state index in [4.69, 9.17) is 0 Å². The van der Waals surface area contributed by atoms with Crippen molar-refractivity contribution < 1.29 is 36.3 Å². The second-order valence-corrected chi connectivity index (χ2v) is 15.4. The summed E-state index contributed by atoms with van der Waals surface area (Å²) in [6.07, 6.45) is 1.28. The summed E-state index contributed by atoms with van der Waals surface area (Å²) >= 11 is 1.00. The first-order valence-corrected chi connectivity index (χ1v) is 16.5. The second kappa shape index (κ2) is 11.9. The third-order valence-electron chi connectivity index (χ3n) is 8.03. The standard InChI is InChI=1S/C29H38F3N3O5S2/c1-27(2,3)34-42(39,40)22-11-10-19(17-20(22)29(30,31)32)23-21(16-18-8-6-5-7-9-18)33-24(41-23)25(36)35-14-12-28(4,13-15-35)26(37)38/h10-11,17-18,34H,5-9,12-16H2,1-4H3,(H,37,38). The lowest BCUT2D eigenvalue weighted by molar-refractivity contribution is -0.150. The van der Waals surface area contributed by atoms with Gasteiger partial charge in [0, 0.05) is 18.6 Å². The molecule has 2 aromatic rings. The van der Waals surface area contributed by atoms with Crippen molar-refractivity contribution in [3.63, 3.8) is 0 Å². The van der Waals surface area contributed by atoms with Gasteiger partial charge < -0.3 is 10.0 Å². The molecular formula is C29H38F3N3O5S2. The van der Waals surface area contributed by atoms with Crippen LogP contribution in [0.4, 0.5) is 13.2 Å². The number of likely N-dealkylation sites (tertiary alicyclic amines) is 1. The third-order valence-corrected chi connectivity index (χ3v) is 11.0. The van der Waals surface area contributed by atoms with Crippen LogP contribution < -0.4 is 4.72 Å². The van der Waals surface area contributed by atoms with Crippen LogP contribution in [0.5, 0.6) is 0 Å². The first-order valence-electron chi connectivity index (χ1n) is 14.2. The fraction of sp³-hybridized carbons (Fsp3) is 0.621. The van der Waals surface area contributed by atoms with Crippen LogP contribution in [0.2, 0.25) is 0 Å². The number of hydrogen-bond donors (Lipinski definition) is 2. The molecule has 0 atom stereocenters. The summed E-state index contributed by atoms with van der Waals surface area (Å²) in [5.74, 6) is -1.01. The molecule has 8 nitrogen and oxygen atoms in total. The van der Waals surface area contributed by atoms with Gasteiger partial charge in [-0.2, -0.15) is 13.2 Å². The Bertz CT molecular complexity index is 1430. The Labute approximate surface area is 248 Å². The lowest BCUT2D eigenvalue weighted by Gasteiger charge is -2.36. The molecule has 1 aromatic carbocycles. The van der Waals surface area contributed by atoms with Crippen molar-refractivity contribution in [1.82, 2.24) is 14.6 Å². The Hall–Kier alpha value is -2.51. The minimum absolute atomic E-state index is 0.134. The Morgan fingerprint density at radius 1 is 1.12 bits per heavy atom. The first-order chi connectivity index (χ1) is 19.4. The number of rotatable bonds is 7. The predicted molar refractivity (Wildman–Crippen MR) is 154 cm³/mol. The largest absolute Gasteiger partial charge is 0.481 e. The number of thiazole rings is 1. The van der Waals surface area contributed by atoms with Gasteiger partial charge in [-0.3, -0.25) is 9.59 Å². The van der Waals surface area contributed by atoms with E-state index in [-0.39, 0.29) is 48.3 Å². The van der Waals surface area contributed by atoms with E-state index in [9.17, 15) is 36.3 Å². The molecule has 1 aliphatic heterocycles. The smallest absolute Gasteiger partial charge is 0.417 e. The maximum atomic E-state index is 14.3. The molecule has 13 heteroatoms. The highest BCUT2D eigenvalue weighted by Gasteiger charge is 2.40. The summed E-state index contributed by atoms with van der Waals surface area (Å²) in [6, 6.07) is 3.15. The van der Waals surface area contributed by atoms with E-state index in [0.29, 0.717) is 17.0 Å². The molecule has 1 saturated carbocycles. The molecule has 1 amide bonds. The van der Waals surface area contributed by atoms with Crippen LogP contribution in [-0.4, -0.2) is 53.9 Å². The van der Waals surface area contributed by atoms with E-state index in [2.05, 4.69) is 9.71 Å². The molecule has 1 aromatic heterocycles. The number of aliphatic carboxylic acids is 1. The van der Waals surface area contributed by atoms with Crippen molar-refractivity contribution in [3.8, 4) is 10.4 Å². The van der Waals surface area contributed by atoms with E-state index in [0.717, 1.165) is 55.6 Å². The van der Waals surface area contributed by atoms with Crippen molar-refractivity contribution in [2.75, 3.05) is 13.1 Å². The Kier molecular flexibility index (Phi) is 9.16. The molecule has 0 radical (unpaired) electrons. The number of alkyl halides is 3. The Morgan fingerprint density at radius 3 is 2.29 bits per heavy atom. The zero-order valence-corrected chi connectivity index (χ0v) is 25.9. The van der Waals surface area contributed by atoms with Crippen molar-refractivity contribution in [2.24, 2.45) is 11.3 Å². The topological polar surface area (TPSA) is 117 Å². The van der Waals surface area contributed by atoms with Gasteiger partial charge in [0.2, 0.25) is 10.0 Å². The number of nitrogens with one attached hydrogen (secondary N) is 1. The fourth-order valence-corrected chi connectivity index (χ4v) is 8.29. The number of carboxylic acid groups (broad SMARTS) is 1. The minimum Gasteiger partial charge on any atom is -0.481 e. The molecule has 1 aliphatic carbocycles. The molecular weight excluding hydrogens is 591 g/mol. The van der Waals surface area contributed by atoms with Gasteiger partial charge in [0.15, 0.2) is 5.01 Å². The van der Waals surface area contributed by atoms with Crippen molar-refractivity contribution in [3.05, 3.63) is 34.5 Å². The number of amides is 1. The average Bonchev–Trinajstić information content (AvgIpc) is 3.30. The van der Waals surface area contributed by atoms with Gasteiger partial charge in [-0.15, -0.1) is 11.3 Å². The second-order valence-electron chi connectivity index (χ2n) is 12.7. The molecule has 2 N–H and O–H groups in total. The van der Waals surface area contributed by atoms with Crippen LogP contribution in [0.25, 0.3) is 10.4 Å². The normalized spacial score (nSPS) is 18.7. The zero-order chi connectivity index (χ0) is 31.1. The van der Waals surface area contributed by atoms with Crippen LogP contribution in [0.15, 0.2) is 23.1 Å². The number of sulfonamides is 1. The first kappa shape index (κ1) is 32.4. The number of aromatic nitrogens is 1. The molecule has 0 spiro atoms. The highest BCUT2D eigenvalue weighted by Crippen LogP contribution is 2.41. The van der Waals surface area contributed by atoms with Crippen molar-refractivity contribution in [1.29, 1.82) is 0 Å². The maximum Gasteiger partial charge on any atom is 0.417 e. The summed E-state index contributed by atoms with van der Waals surface area (Å²) in [4.78, 5) is 30.8. The van der Waals surface area contributed by atoms with Crippen LogP contribution in [0.3, 0.4) is 0 Å². The summed E-state index contributed by atoms with van der Waals surface area (Å²) in [6.45, 7) is 6.76. The number of carbonyl (C=O) groups excluding carboxylic acids is 1. The summed E-state index contributed by atoms with van der Waals surface area (Å²) in [5.41, 5.74) is -2.52. The molecule has 2 heterocycles. The molecule has 232 valence electrons. The number of halogens is 3. The summed E-state index contributed by atoms with van der Waals surface area (Å²) < 4.78 is 71.0. The number of benzene rings is 1. The molecule has 0 bridgehead atoms. The maximum absolute atomic E-state index is 14.3. The highest BCUT2D eigenvalue weighted by molar-refractivity contribution is 7.89. The number of hydrogen-bond acceptors (Lipinski definition) is 6. The Balaban J connectivity index is 1.74. The fourth-order valence-electron chi connectivity index (χ4n) is 5.61. The number of carbonyl (C=O) groups is 2. The quantitative estimate of drug-likeness (QED) is 0.369. The molecule has 42 heavy (non-hydrogen) atoms. The summed E-state index contributed by atoms with van der Waals surface area (Å²) in [7, 11) is -4.49. The third kappa shape index (κ3) is 7.34. The summed E-state index contributed by atoms with van der Waals surface area (Å²) in [5, 5.41) is 9.66. The van der Waals surface area contributed by atoms with Crippen LogP contribution >= 0.6 is 11.3 Å². The van der Waals surface area contributed by atoms with Gasteiger partial charge in [-0.25, -0.2) is 18.1 Å². The molecule has 2 aliphatic rings. The lowest BCUT2D eigenvalue weighted by atomic mass is 9.80. The van der Waals surface area contributed by atoms with Gasteiger partial charge >= 0.3 is 12.1 Å². The Morgan fingerprint density at radius 2 is 1.74 bits per heavy atom. The van der Waals surface area contributed by atoms with E-state index >= 15 is 0 Å². The van der Waals surface area contributed by atoms with Crippen molar-refractivity contribution in [2.45, 2.75) is 95.7 Å². The van der Waals surface area contributed by atoms with Crippen LogP contribution in [0.1, 0.15) is 93.7 Å². The average molecular weight is 630 g/mol. The molecule has 2 fully saturated rings. The SMILES string of the molecule is CC(C)(C)NS(=O)(=O)c1ccc(-c2sc(C(=O)N3CCC(C)(C(=O)O)CC3)nc2CC2CCCCC2)cc1C(F)(F)F. The van der Waals surface area contributed by atoms with E-state index < -0.39 is 43.6 Å². The monoisotopic (exact) mass is 629 g/mol. The van der Waals surface area contributed by atoms with Crippen LogP contribution in [0, 0.1) is 11.3 Å². The molecule has 4 rings (SSSR count). The lowest BCUT2D eigenvalue weighted by Crippen LogP contribution is -2.45. The van der Waals surface area contributed by atoms with Gasteiger partial charge in [0.1, 0.15) is 0 Å². The zero-order valence-electron chi connectivity index (χ0n) is 24.3. The number of carboxylic acids is 1.